The third-order valence-corrected chi connectivity index (χ3v) is 3.94. The normalized spacial score (nSPS) is 10.6. The van der Waals surface area contributed by atoms with Crippen molar-refractivity contribution in [1.29, 1.82) is 0 Å². The van der Waals surface area contributed by atoms with Gasteiger partial charge in [-0.2, -0.15) is 0 Å². The van der Waals surface area contributed by atoms with Crippen LogP contribution in [0.1, 0.15) is 0 Å². The molecule has 0 saturated carbocycles. The first-order valence-electron chi connectivity index (χ1n) is 7.53. The fourth-order valence-electron chi connectivity index (χ4n) is 1.85. The second-order valence-corrected chi connectivity index (χ2v) is 5.79. The van der Waals surface area contributed by atoms with Gasteiger partial charge in [0.1, 0.15) is 12.4 Å². The van der Waals surface area contributed by atoms with Gasteiger partial charge in [-0.25, -0.2) is 0 Å². The Hall–Kier alpha value is -1.48. The first-order valence-corrected chi connectivity index (χ1v) is 8.52. The van der Waals surface area contributed by atoms with Crippen LogP contribution in [-0.4, -0.2) is 43.4 Å². The summed E-state index contributed by atoms with van der Waals surface area (Å²) in [4.78, 5) is 9.48. The molecule has 0 aliphatic heterocycles. The number of hydrogen-bond acceptors (Lipinski definition) is 4. The minimum atomic E-state index is 0. The van der Waals surface area contributed by atoms with Crippen molar-refractivity contribution in [1.82, 2.24) is 15.6 Å². The van der Waals surface area contributed by atoms with Gasteiger partial charge in [-0.3, -0.25) is 9.98 Å². The maximum atomic E-state index is 5.57. The maximum Gasteiger partial charge on any atom is 0.191 e. The van der Waals surface area contributed by atoms with E-state index < -0.39 is 0 Å². The van der Waals surface area contributed by atoms with Gasteiger partial charge < -0.3 is 15.4 Å². The molecule has 0 radical (unpaired) electrons. The predicted molar refractivity (Wildman–Crippen MR) is 112 cm³/mol. The number of nitrogens with zero attached hydrogens (tertiary/aromatic N) is 2. The largest absolute Gasteiger partial charge is 0.490 e. The summed E-state index contributed by atoms with van der Waals surface area (Å²) in [6.45, 7) is 2.09. The van der Waals surface area contributed by atoms with Crippen LogP contribution in [0.4, 0.5) is 0 Å². The molecule has 24 heavy (non-hydrogen) atoms. The fourth-order valence-corrected chi connectivity index (χ4v) is 2.64. The van der Waals surface area contributed by atoms with Crippen molar-refractivity contribution in [2.45, 2.75) is 4.90 Å². The summed E-state index contributed by atoms with van der Waals surface area (Å²) in [6, 6.07) is 14.1. The van der Waals surface area contributed by atoms with Crippen LogP contribution in [0.2, 0.25) is 0 Å². The predicted octanol–water partition coefficient (Wildman–Crippen LogP) is 3.04. The molecule has 0 amide bonds. The Morgan fingerprint density at radius 3 is 2.62 bits per heavy atom. The molecule has 0 saturated heterocycles. The van der Waals surface area contributed by atoms with Crippen LogP contribution in [0, 0.1) is 0 Å². The number of thioether (sulfide) groups is 1. The SMILES string of the molecule is CN=C(NCCOc1cccnc1)NCCSc1ccccc1.I. The molecule has 2 rings (SSSR count). The lowest BCUT2D eigenvalue weighted by Crippen LogP contribution is -2.40. The molecule has 1 aromatic carbocycles. The van der Waals surface area contributed by atoms with Crippen LogP contribution in [0.5, 0.6) is 5.75 Å². The first-order chi connectivity index (χ1) is 11.4. The molecule has 7 heteroatoms. The van der Waals surface area contributed by atoms with E-state index >= 15 is 0 Å². The highest BCUT2D eigenvalue weighted by Crippen LogP contribution is 2.15. The van der Waals surface area contributed by atoms with Crippen molar-refractivity contribution >= 4 is 41.7 Å². The van der Waals surface area contributed by atoms with E-state index in [-0.39, 0.29) is 24.0 Å². The molecule has 1 aromatic heterocycles. The smallest absolute Gasteiger partial charge is 0.191 e. The summed E-state index contributed by atoms with van der Waals surface area (Å²) >= 11 is 1.82. The third-order valence-electron chi connectivity index (χ3n) is 2.93. The number of aliphatic imine (C=N–C) groups is 1. The number of ether oxygens (including phenoxy) is 1. The Labute approximate surface area is 164 Å². The molecular weight excluding hydrogens is 435 g/mol. The summed E-state index contributed by atoms with van der Waals surface area (Å²) in [5, 5.41) is 6.51. The standard InChI is InChI=1S/C17H22N4OS.HI/c1-18-17(20-10-12-22-15-6-5-9-19-14-15)21-11-13-23-16-7-3-2-4-8-16;/h2-9,14H,10-13H2,1H3,(H2,18,20,21);1H. The molecule has 0 bridgehead atoms. The third kappa shape index (κ3) is 8.39. The number of nitrogens with one attached hydrogen (secondary N) is 2. The topological polar surface area (TPSA) is 58.5 Å². The van der Waals surface area contributed by atoms with Crippen LogP contribution < -0.4 is 15.4 Å². The minimum absolute atomic E-state index is 0. The zero-order valence-electron chi connectivity index (χ0n) is 13.6. The van der Waals surface area contributed by atoms with E-state index in [1.54, 1.807) is 19.4 Å². The second kappa shape index (κ2) is 12.9. The average molecular weight is 458 g/mol. The van der Waals surface area contributed by atoms with Crippen molar-refractivity contribution in [3.05, 3.63) is 54.9 Å². The van der Waals surface area contributed by atoms with Crippen molar-refractivity contribution in [2.24, 2.45) is 4.99 Å². The molecule has 130 valence electrons. The lowest BCUT2D eigenvalue weighted by atomic mass is 10.4. The summed E-state index contributed by atoms with van der Waals surface area (Å²) < 4.78 is 5.57. The van der Waals surface area contributed by atoms with E-state index in [0.29, 0.717) is 13.2 Å². The minimum Gasteiger partial charge on any atom is -0.490 e. The summed E-state index contributed by atoms with van der Waals surface area (Å²) in [5.74, 6) is 2.54. The van der Waals surface area contributed by atoms with E-state index in [1.165, 1.54) is 4.90 Å². The number of hydrogen-bond donors (Lipinski definition) is 2. The molecule has 0 atom stereocenters. The van der Waals surface area contributed by atoms with Crippen LogP contribution in [0.3, 0.4) is 0 Å². The highest BCUT2D eigenvalue weighted by molar-refractivity contribution is 14.0. The molecule has 2 N–H and O–H groups in total. The lowest BCUT2D eigenvalue weighted by Gasteiger charge is -2.12. The van der Waals surface area contributed by atoms with E-state index in [2.05, 4.69) is 44.9 Å². The number of aromatic nitrogens is 1. The van der Waals surface area contributed by atoms with Crippen LogP contribution >= 0.6 is 35.7 Å². The molecule has 5 nitrogen and oxygen atoms in total. The summed E-state index contributed by atoms with van der Waals surface area (Å²) in [5.41, 5.74) is 0. The monoisotopic (exact) mass is 458 g/mol. The number of rotatable bonds is 8. The number of pyridine rings is 1. The van der Waals surface area contributed by atoms with Gasteiger partial charge in [0, 0.05) is 30.4 Å². The van der Waals surface area contributed by atoms with Crippen molar-refractivity contribution < 1.29 is 4.74 Å². The molecular formula is C17H23IN4OS. The Bertz CT molecular complexity index is 534. The van der Waals surface area contributed by atoms with Crippen molar-refractivity contribution in [3.63, 3.8) is 0 Å². The second-order valence-electron chi connectivity index (χ2n) is 4.62. The molecule has 1 heterocycles. The van der Waals surface area contributed by atoms with Crippen LogP contribution in [0.25, 0.3) is 0 Å². The Balaban J connectivity index is 0.00000288. The van der Waals surface area contributed by atoms with Gasteiger partial charge in [0.25, 0.3) is 0 Å². The summed E-state index contributed by atoms with van der Waals surface area (Å²) in [6.07, 6.45) is 3.43. The Morgan fingerprint density at radius 2 is 1.92 bits per heavy atom. The lowest BCUT2D eigenvalue weighted by molar-refractivity contribution is 0.320. The van der Waals surface area contributed by atoms with E-state index in [1.807, 2.05) is 30.0 Å². The van der Waals surface area contributed by atoms with Gasteiger partial charge in [0.2, 0.25) is 0 Å². The zero-order chi connectivity index (χ0) is 16.2. The molecule has 0 aliphatic rings. The van der Waals surface area contributed by atoms with Gasteiger partial charge in [-0.05, 0) is 24.3 Å². The number of guanidine groups is 1. The van der Waals surface area contributed by atoms with E-state index in [9.17, 15) is 0 Å². The highest BCUT2D eigenvalue weighted by Gasteiger charge is 1.98. The Kier molecular flexibility index (Phi) is 11.0. The quantitative estimate of drug-likeness (QED) is 0.210. The molecule has 0 unspecified atom stereocenters. The van der Waals surface area contributed by atoms with E-state index in [0.717, 1.165) is 24.0 Å². The fraction of sp³-hybridized carbons (Fsp3) is 0.294. The number of benzene rings is 1. The van der Waals surface area contributed by atoms with Gasteiger partial charge in [0.05, 0.1) is 12.7 Å². The summed E-state index contributed by atoms with van der Waals surface area (Å²) in [7, 11) is 1.77. The van der Waals surface area contributed by atoms with Gasteiger partial charge >= 0.3 is 0 Å². The van der Waals surface area contributed by atoms with Crippen LogP contribution in [0.15, 0.2) is 64.7 Å². The molecule has 2 aromatic rings. The van der Waals surface area contributed by atoms with Gasteiger partial charge in [-0.15, -0.1) is 35.7 Å². The molecule has 0 spiro atoms. The van der Waals surface area contributed by atoms with Crippen molar-refractivity contribution in [3.8, 4) is 5.75 Å². The Morgan fingerprint density at radius 1 is 1.12 bits per heavy atom. The van der Waals surface area contributed by atoms with E-state index in [4.69, 9.17) is 4.74 Å². The molecule has 0 fully saturated rings. The highest BCUT2D eigenvalue weighted by atomic mass is 127. The maximum absolute atomic E-state index is 5.57. The first kappa shape index (κ1) is 20.6. The zero-order valence-corrected chi connectivity index (χ0v) is 16.8. The van der Waals surface area contributed by atoms with Gasteiger partial charge in [-0.1, -0.05) is 18.2 Å². The molecule has 0 aliphatic carbocycles. The van der Waals surface area contributed by atoms with Gasteiger partial charge in [0.15, 0.2) is 5.96 Å². The van der Waals surface area contributed by atoms with Crippen LogP contribution in [-0.2, 0) is 0 Å². The van der Waals surface area contributed by atoms with Crippen molar-refractivity contribution in [2.75, 3.05) is 32.5 Å². The number of halogens is 1. The average Bonchev–Trinajstić information content (AvgIpc) is 2.62.